The molecule has 7 heteroatoms. The Hall–Kier alpha value is -2.41. The normalized spacial score (nSPS) is 23.2. The van der Waals surface area contributed by atoms with Crippen LogP contribution in [0.15, 0.2) is 30.3 Å². The number of carbonyl (C=O) groups is 3. The van der Waals surface area contributed by atoms with Crippen molar-refractivity contribution in [2.75, 3.05) is 20.1 Å². The van der Waals surface area contributed by atoms with Crippen molar-refractivity contribution in [1.82, 2.24) is 15.1 Å². The van der Waals surface area contributed by atoms with Crippen LogP contribution in [0.4, 0.5) is 0 Å². The predicted molar refractivity (Wildman–Crippen MR) is 99.7 cm³/mol. The van der Waals surface area contributed by atoms with Gasteiger partial charge in [-0.2, -0.15) is 0 Å². The van der Waals surface area contributed by atoms with E-state index in [9.17, 15) is 19.5 Å². The molecule has 146 valence electrons. The van der Waals surface area contributed by atoms with Crippen molar-refractivity contribution < 1.29 is 19.5 Å². The summed E-state index contributed by atoms with van der Waals surface area (Å²) in [6.07, 6.45) is 1.76. The summed E-state index contributed by atoms with van der Waals surface area (Å²) in [5.74, 6) is -0.496. The van der Waals surface area contributed by atoms with Crippen LogP contribution in [-0.2, 0) is 20.8 Å². The lowest BCUT2D eigenvalue weighted by atomic mass is 10.1. The van der Waals surface area contributed by atoms with E-state index in [1.54, 1.807) is 16.8 Å². The molecule has 3 amide bonds. The molecule has 3 rings (SSSR count). The van der Waals surface area contributed by atoms with E-state index in [0.717, 1.165) is 18.4 Å². The van der Waals surface area contributed by atoms with Gasteiger partial charge in [-0.15, -0.1) is 0 Å². The third-order valence-electron chi connectivity index (χ3n) is 5.37. The summed E-state index contributed by atoms with van der Waals surface area (Å²) in [7, 11) is 1.70. The highest BCUT2D eigenvalue weighted by atomic mass is 16.3. The Bertz CT molecular complexity index is 694. The van der Waals surface area contributed by atoms with Gasteiger partial charge in [0, 0.05) is 39.0 Å². The zero-order valence-electron chi connectivity index (χ0n) is 15.6. The number of likely N-dealkylation sites (N-methyl/N-ethyl adjacent to an activating group) is 1. The number of hydrogen-bond donors (Lipinski definition) is 2. The quantitative estimate of drug-likeness (QED) is 0.751. The van der Waals surface area contributed by atoms with Crippen molar-refractivity contribution in [2.24, 2.45) is 0 Å². The van der Waals surface area contributed by atoms with E-state index < -0.39 is 12.1 Å². The van der Waals surface area contributed by atoms with Crippen LogP contribution in [-0.4, -0.2) is 71.0 Å². The Kier molecular flexibility index (Phi) is 6.11. The zero-order valence-corrected chi connectivity index (χ0v) is 15.6. The zero-order chi connectivity index (χ0) is 19.4. The molecule has 2 aliphatic rings. The fourth-order valence-corrected chi connectivity index (χ4v) is 3.90. The number of amides is 3. The number of hydrogen-bond acceptors (Lipinski definition) is 4. The van der Waals surface area contributed by atoms with E-state index in [0.29, 0.717) is 25.9 Å². The molecule has 3 atom stereocenters. The molecule has 0 spiro atoms. The topological polar surface area (TPSA) is 90.0 Å². The first-order chi connectivity index (χ1) is 13.0. The fourth-order valence-electron chi connectivity index (χ4n) is 3.90. The molecule has 2 fully saturated rings. The number of likely N-dealkylation sites (tertiary alicyclic amines) is 1. The minimum atomic E-state index is -1.08. The third-order valence-corrected chi connectivity index (χ3v) is 5.37. The first-order valence-corrected chi connectivity index (χ1v) is 9.52. The number of nitrogens with zero attached hydrogens (tertiary/aromatic N) is 2. The maximum absolute atomic E-state index is 12.7. The van der Waals surface area contributed by atoms with Gasteiger partial charge in [-0.25, -0.2) is 0 Å². The first-order valence-electron chi connectivity index (χ1n) is 9.52. The summed E-state index contributed by atoms with van der Waals surface area (Å²) in [4.78, 5) is 39.8. The Balaban J connectivity index is 1.56. The molecular formula is C20H27N3O4. The lowest BCUT2D eigenvalue weighted by Gasteiger charge is -2.31. The maximum atomic E-state index is 12.7. The smallest absolute Gasteiger partial charge is 0.252 e. The SMILES string of the molecule is CN(C[C@@H]1CCCN1C(=O)[C@@H](O)Cc1ccccc1)C(=O)[C@@H]1CCC(=O)N1. The Labute approximate surface area is 159 Å². The first kappa shape index (κ1) is 19.4. The van der Waals surface area contributed by atoms with Crippen LogP contribution in [0.5, 0.6) is 0 Å². The van der Waals surface area contributed by atoms with Gasteiger partial charge in [-0.1, -0.05) is 30.3 Å². The molecule has 0 bridgehead atoms. The van der Waals surface area contributed by atoms with E-state index in [2.05, 4.69) is 5.32 Å². The van der Waals surface area contributed by atoms with Crippen molar-refractivity contribution >= 4 is 17.7 Å². The summed E-state index contributed by atoms with van der Waals surface area (Å²) < 4.78 is 0. The average molecular weight is 373 g/mol. The minimum Gasteiger partial charge on any atom is -0.383 e. The van der Waals surface area contributed by atoms with Crippen molar-refractivity contribution in [3.05, 3.63) is 35.9 Å². The molecule has 2 saturated heterocycles. The highest BCUT2D eigenvalue weighted by Crippen LogP contribution is 2.21. The van der Waals surface area contributed by atoms with Crippen molar-refractivity contribution in [2.45, 2.75) is 50.3 Å². The van der Waals surface area contributed by atoms with E-state index in [4.69, 9.17) is 0 Å². The number of benzene rings is 1. The van der Waals surface area contributed by atoms with Crippen LogP contribution < -0.4 is 5.32 Å². The van der Waals surface area contributed by atoms with Gasteiger partial charge in [0.05, 0.1) is 0 Å². The third kappa shape index (κ3) is 4.66. The molecule has 2 N–H and O–H groups in total. The highest BCUT2D eigenvalue weighted by molar-refractivity contribution is 5.90. The summed E-state index contributed by atoms with van der Waals surface area (Å²) in [6, 6.07) is 8.88. The summed E-state index contributed by atoms with van der Waals surface area (Å²) >= 11 is 0. The van der Waals surface area contributed by atoms with Crippen LogP contribution >= 0.6 is 0 Å². The molecule has 0 aliphatic carbocycles. The fraction of sp³-hybridized carbons (Fsp3) is 0.550. The number of carbonyl (C=O) groups excluding carboxylic acids is 3. The van der Waals surface area contributed by atoms with E-state index in [1.807, 2.05) is 30.3 Å². The average Bonchev–Trinajstić information content (AvgIpc) is 3.30. The molecule has 2 aliphatic heterocycles. The Morgan fingerprint density at radius 3 is 2.70 bits per heavy atom. The molecule has 2 heterocycles. The predicted octanol–water partition coefficient (Wildman–Crippen LogP) is 0.318. The summed E-state index contributed by atoms with van der Waals surface area (Å²) in [5, 5.41) is 13.1. The molecule has 7 nitrogen and oxygen atoms in total. The van der Waals surface area contributed by atoms with Gasteiger partial charge in [0.25, 0.3) is 5.91 Å². The second-order valence-electron chi connectivity index (χ2n) is 7.41. The second kappa shape index (κ2) is 8.52. The molecule has 27 heavy (non-hydrogen) atoms. The van der Waals surface area contributed by atoms with Crippen molar-refractivity contribution in [3.63, 3.8) is 0 Å². The number of rotatable bonds is 6. The standard InChI is InChI=1S/C20H27N3O4/c1-22(19(26)16-9-10-18(25)21-16)13-15-8-5-11-23(15)20(27)17(24)12-14-6-3-2-4-7-14/h2-4,6-7,15-17,24H,5,8-13H2,1H3,(H,21,25)/t15-,16-,17-/m0/s1. The summed E-state index contributed by atoms with van der Waals surface area (Å²) in [6.45, 7) is 1.01. The minimum absolute atomic E-state index is 0.0940. The van der Waals surface area contributed by atoms with Gasteiger partial charge >= 0.3 is 0 Å². The van der Waals surface area contributed by atoms with E-state index in [1.165, 1.54) is 0 Å². The number of nitrogens with one attached hydrogen (secondary N) is 1. The van der Waals surface area contributed by atoms with Gasteiger partial charge in [0.2, 0.25) is 11.8 Å². The molecule has 1 aromatic rings. The van der Waals surface area contributed by atoms with Crippen molar-refractivity contribution in [3.8, 4) is 0 Å². The highest BCUT2D eigenvalue weighted by Gasteiger charge is 2.35. The molecular weight excluding hydrogens is 346 g/mol. The molecule has 0 radical (unpaired) electrons. The van der Waals surface area contributed by atoms with Gasteiger partial charge in [0.15, 0.2) is 0 Å². The van der Waals surface area contributed by atoms with Crippen LogP contribution in [0.3, 0.4) is 0 Å². The van der Waals surface area contributed by atoms with Gasteiger partial charge in [-0.05, 0) is 24.8 Å². The second-order valence-corrected chi connectivity index (χ2v) is 7.41. The maximum Gasteiger partial charge on any atom is 0.252 e. The van der Waals surface area contributed by atoms with E-state index in [-0.39, 0.29) is 30.2 Å². The monoisotopic (exact) mass is 373 g/mol. The van der Waals surface area contributed by atoms with Crippen LogP contribution in [0.25, 0.3) is 0 Å². The van der Waals surface area contributed by atoms with Crippen molar-refractivity contribution in [1.29, 1.82) is 0 Å². The van der Waals surface area contributed by atoms with Gasteiger partial charge in [0.1, 0.15) is 12.1 Å². The van der Waals surface area contributed by atoms with Crippen LogP contribution in [0.2, 0.25) is 0 Å². The van der Waals surface area contributed by atoms with Crippen LogP contribution in [0, 0.1) is 0 Å². The lowest BCUT2D eigenvalue weighted by Crippen LogP contribution is -2.50. The molecule has 1 aromatic carbocycles. The van der Waals surface area contributed by atoms with Gasteiger partial charge < -0.3 is 20.2 Å². The number of aliphatic hydroxyl groups excluding tert-OH is 1. The molecule has 0 unspecified atom stereocenters. The number of aliphatic hydroxyl groups is 1. The molecule has 0 saturated carbocycles. The Morgan fingerprint density at radius 1 is 1.30 bits per heavy atom. The van der Waals surface area contributed by atoms with Gasteiger partial charge in [-0.3, -0.25) is 14.4 Å². The summed E-state index contributed by atoms with van der Waals surface area (Å²) in [5.41, 5.74) is 0.915. The largest absolute Gasteiger partial charge is 0.383 e. The molecule has 0 aromatic heterocycles. The van der Waals surface area contributed by atoms with Crippen LogP contribution in [0.1, 0.15) is 31.2 Å². The van der Waals surface area contributed by atoms with E-state index >= 15 is 0 Å². The Morgan fingerprint density at radius 2 is 2.04 bits per heavy atom. The lowest BCUT2D eigenvalue weighted by molar-refractivity contribution is -0.142.